The van der Waals surface area contributed by atoms with E-state index in [0.717, 1.165) is 12.1 Å². The molecule has 1 atom stereocenters. The van der Waals surface area contributed by atoms with Crippen molar-refractivity contribution in [1.29, 1.82) is 5.26 Å². The van der Waals surface area contributed by atoms with E-state index in [1.54, 1.807) is 0 Å². The monoisotopic (exact) mass is 328 g/mol. The van der Waals surface area contributed by atoms with Gasteiger partial charge in [-0.15, -0.1) is 0 Å². The van der Waals surface area contributed by atoms with Crippen LogP contribution in [0.1, 0.15) is 41.6 Å². The molecule has 0 saturated carbocycles. The Bertz CT molecular complexity index is 609. The molecule has 0 heterocycles. The second-order valence-electron chi connectivity index (χ2n) is 4.85. The van der Waals surface area contributed by atoms with Gasteiger partial charge in [-0.25, -0.2) is 4.79 Å². The summed E-state index contributed by atoms with van der Waals surface area (Å²) in [5.74, 6) is -2.16. The van der Waals surface area contributed by atoms with E-state index in [0.29, 0.717) is 18.9 Å². The molecule has 124 valence electrons. The van der Waals surface area contributed by atoms with Crippen molar-refractivity contribution in [2.24, 2.45) is 0 Å². The number of hydrogen-bond acceptors (Lipinski definition) is 3. The van der Waals surface area contributed by atoms with Crippen LogP contribution < -0.4 is 5.32 Å². The number of aliphatic carboxylic acids is 1. The highest BCUT2D eigenvalue weighted by Crippen LogP contribution is 2.29. The van der Waals surface area contributed by atoms with Crippen LogP contribution in [-0.2, 0) is 11.0 Å². The summed E-state index contributed by atoms with van der Waals surface area (Å²) in [4.78, 5) is 23.0. The first-order chi connectivity index (χ1) is 10.8. The van der Waals surface area contributed by atoms with Crippen LogP contribution in [0.4, 0.5) is 13.2 Å². The van der Waals surface area contributed by atoms with Crippen LogP contribution in [0.3, 0.4) is 0 Å². The van der Waals surface area contributed by atoms with E-state index in [4.69, 9.17) is 10.4 Å². The van der Waals surface area contributed by atoms with E-state index in [-0.39, 0.29) is 18.4 Å². The summed E-state index contributed by atoms with van der Waals surface area (Å²) in [6.45, 7) is 0. The molecule has 0 fully saturated rings. The van der Waals surface area contributed by atoms with E-state index in [1.807, 2.05) is 6.07 Å². The predicted octanol–water partition coefficient (Wildman–Crippen LogP) is 2.97. The summed E-state index contributed by atoms with van der Waals surface area (Å²) < 4.78 is 37.8. The molecule has 0 aliphatic rings. The zero-order valence-corrected chi connectivity index (χ0v) is 12.1. The van der Waals surface area contributed by atoms with E-state index in [9.17, 15) is 22.8 Å². The number of nitriles is 1. The molecule has 0 unspecified atom stereocenters. The van der Waals surface area contributed by atoms with Crippen LogP contribution in [0.25, 0.3) is 0 Å². The lowest BCUT2D eigenvalue weighted by Crippen LogP contribution is -2.40. The topological polar surface area (TPSA) is 90.2 Å². The number of carbonyl (C=O) groups excluding carboxylic acids is 1. The van der Waals surface area contributed by atoms with E-state index >= 15 is 0 Å². The highest BCUT2D eigenvalue weighted by molar-refractivity contribution is 5.96. The third-order valence-electron chi connectivity index (χ3n) is 3.09. The quantitative estimate of drug-likeness (QED) is 0.753. The minimum Gasteiger partial charge on any atom is -0.480 e. The highest BCUT2D eigenvalue weighted by Gasteiger charge is 2.31. The standard InChI is InChI=1S/C15H15F3N2O3/c16-15(17,18)11-6-4-5-10(9-11)13(21)20-12(14(22)23)7-2-1-3-8-19/h4-6,9,12H,1-3,7H2,(H,20,21)(H,22,23)/t12-/m0/s1. The smallest absolute Gasteiger partial charge is 0.416 e. The molecule has 0 saturated heterocycles. The number of alkyl halides is 3. The first kappa shape index (κ1) is 18.5. The van der Waals surface area contributed by atoms with Crippen molar-refractivity contribution in [3.63, 3.8) is 0 Å². The number of halogens is 3. The second kappa shape index (κ2) is 8.17. The van der Waals surface area contributed by atoms with E-state index < -0.39 is 29.7 Å². The van der Waals surface area contributed by atoms with Crippen LogP contribution in [0, 0.1) is 11.3 Å². The Kier molecular flexibility index (Phi) is 6.57. The fourth-order valence-corrected chi connectivity index (χ4v) is 1.89. The molecule has 8 heteroatoms. The first-order valence-corrected chi connectivity index (χ1v) is 6.83. The Morgan fingerprint density at radius 3 is 2.57 bits per heavy atom. The molecule has 23 heavy (non-hydrogen) atoms. The van der Waals surface area contributed by atoms with Gasteiger partial charge in [0.15, 0.2) is 0 Å². The minimum atomic E-state index is -4.58. The molecule has 1 amide bonds. The number of carboxylic acids is 1. The number of hydrogen-bond donors (Lipinski definition) is 2. The largest absolute Gasteiger partial charge is 0.480 e. The number of nitrogens with one attached hydrogen (secondary N) is 1. The number of unbranched alkanes of at least 4 members (excludes halogenated alkanes) is 2. The van der Waals surface area contributed by atoms with Gasteiger partial charge in [-0.3, -0.25) is 4.79 Å². The Balaban J connectivity index is 2.76. The van der Waals surface area contributed by atoms with E-state index in [1.165, 1.54) is 6.07 Å². The summed E-state index contributed by atoms with van der Waals surface area (Å²) in [5.41, 5.74) is -1.24. The summed E-state index contributed by atoms with van der Waals surface area (Å²) in [6.07, 6.45) is -3.32. The molecule has 0 aliphatic carbocycles. The Hall–Kier alpha value is -2.56. The lowest BCUT2D eigenvalue weighted by molar-refractivity contribution is -0.139. The van der Waals surface area contributed by atoms with Crippen LogP contribution in [0.2, 0.25) is 0 Å². The van der Waals surface area contributed by atoms with Gasteiger partial charge < -0.3 is 10.4 Å². The van der Waals surface area contributed by atoms with Crippen molar-refractivity contribution in [3.05, 3.63) is 35.4 Å². The van der Waals surface area contributed by atoms with Gasteiger partial charge in [0, 0.05) is 12.0 Å². The maximum absolute atomic E-state index is 12.6. The molecule has 0 radical (unpaired) electrons. The fourth-order valence-electron chi connectivity index (χ4n) is 1.89. The minimum absolute atomic E-state index is 0.0989. The number of amides is 1. The van der Waals surface area contributed by atoms with Gasteiger partial charge in [0.05, 0.1) is 11.6 Å². The third kappa shape index (κ3) is 5.98. The summed E-state index contributed by atoms with van der Waals surface area (Å²) in [7, 11) is 0. The molecule has 1 aromatic rings. The first-order valence-electron chi connectivity index (χ1n) is 6.83. The summed E-state index contributed by atoms with van der Waals surface area (Å²) >= 11 is 0. The maximum atomic E-state index is 12.6. The molecule has 1 rings (SSSR count). The molecule has 5 nitrogen and oxygen atoms in total. The average Bonchev–Trinajstić information content (AvgIpc) is 2.49. The Morgan fingerprint density at radius 2 is 2.00 bits per heavy atom. The van der Waals surface area contributed by atoms with Crippen LogP contribution >= 0.6 is 0 Å². The zero-order chi connectivity index (χ0) is 17.5. The Morgan fingerprint density at radius 1 is 1.30 bits per heavy atom. The summed E-state index contributed by atoms with van der Waals surface area (Å²) in [5, 5.41) is 19.6. The average molecular weight is 328 g/mol. The van der Waals surface area contributed by atoms with E-state index in [2.05, 4.69) is 5.32 Å². The Labute approximate surface area is 130 Å². The fraction of sp³-hybridized carbons (Fsp3) is 0.400. The van der Waals surface area contributed by atoms with Gasteiger partial charge in [-0.1, -0.05) is 6.07 Å². The van der Waals surface area contributed by atoms with Crippen molar-refractivity contribution in [3.8, 4) is 6.07 Å². The zero-order valence-electron chi connectivity index (χ0n) is 12.1. The second-order valence-corrected chi connectivity index (χ2v) is 4.85. The number of rotatable bonds is 7. The third-order valence-corrected chi connectivity index (χ3v) is 3.09. The van der Waals surface area contributed by atoms with Gasteiger partial charge in [-0.05, 0) is 37.5 Å². The lowest BCUT2D eigenvalue weighted by Gasteiger charge is -2.15. The number of nitrogens with zero attached hydrogens (tertiary/aromatic N) is 1. The van der Waals surface area contributed by atoms with Crippen LogP contribution in [0.15, 0.2) is 24.3 Å². The van der Waals surface area contributed by atoms with Gasteiger partial charge in [0.25, 0.3) is 5.91 Å². The van der Waals surface area contributed by atoms with Gasteiger partial charge in [0.1, 0.15) is 6.04 Å². The van der Waals surface area contributed by atoms with Crippen molar-refractivity contribution in [1.82, 2.24) is 5.32 Å². The molecule has 1 aromatic carbocycles. The lowest BCUT2D eigenvalue weighted by atomic mass is 10.1. The maximum Gasteiger partial charge on any atom is 0.416 e. The molecule has 0 spiro atoms. The molecular weight excluding hydrogens is 313 g/mol. The van der Waals surface area contributed by atoms with Gasteiger partial charge >= 0.3 is 12.1 Å². The van der Waals surface area contributed by atoms with Crippen molar-refractivity contribution in [2.45, 2.75) is 37.9 Å². The normalized spacial score (nSPS) is 12.3. The number of carboxylic acid groups (broad SMARTS) is 1. The predicted molar refractivity (Wildman–Crippen MR) is 74.4 cm³/mol. The molecule has 0 bridgehead atoms. The van der Waals surface area contributed by atoms with Gasteiger partial charge in [0.2, 0.25) is 0 Å². The van der Waals surface area contributed by atoms with Crippen LogP contribution in [-0.4, -0.2) is 23.0 Å². The molecule has 0 aliphatic heterocycles. The number of benzene rings is 1. The van der Waals surface area contributed by atoms with Crippen molar-refractivity contribution >= 4 is 11.9 Å². The number of carbonyl (C=O) groups is 2. The summed E-state index contributed by atoms with van der Waals surface area (Å²) in [6, 6.07) is 4.46. The van der Waals surface area contributed by atoms with Crippen molar-refractivity contribution < 1.29 is 27.9 Å². The SMILES string of the molecule is N#CCCCC[C@H](NC(=O)c1cccc(C(F)(F)F)c1)C(=O)O. The van der Waals surface area contributed by atoms with Crippen LogP contribution in [0.5, 0.6) is 0 Å². The van der Waals surface area contributed by atoms with Crippen molar-refractivity contribution in [2.75, 3.05) is 0 Å². The molecule has 2 N–H and O–H groups in total. The highest BCUT2D eigenvalue weighted by atomic mass is 19.4. The molecular formula is C15H15F3N2O3. The molecule has 0 aromatic heterocycles. The van der Waals surface area contributed by atoms with Gasteiger partial charge in [-0.2, -0.15) is 18.4 Å².